The first-order valence-electron chi connectivity index (χ1n) is 5.32. The summed E-state index contributed by atoms with van der Waals surface area (Å²) in [5, 5.41) is 15.6. The van der Waals surface area contributed by atoms with Gasteiger partial charge in [-0.3, -0.25) is 14.9 Å². The number of thiazole rings is 1. The molecule has 0 unspecified atom stereocenters. The van der Waals surface area contributed by atoms with Crippen LogP contribution in [-0.4, -0.2) is 9.91 Å². The SMILES string of the molecule is Cc1cc([N+](=O)[O-])c(Cl)cc1NCc1csc(=O)[nH]1. The van der Waals surface area contributed by atoms with Crippen molar-refractivity contribution in [3.05, 3.63) is 53.6 Å². The van der Waals surface area contributed by atoms with Crippen LogP contribution in [0.4, 0.5) is 11.4 Å². The van der Waals surface area contributed by atoms with Gasteiger partial charge in [-0.2, -0.15) is 0 Å². The summed E-state index contributed by atoms with van der Waals surface area (Å²) in [4.78, 5) is 23.7. The Labute approximate surface area is 117 Å². The van der Waals surface area contributed by atoms with Gasteiger partial charge in [-0.05, 0) is 18.6 Å². The molecule has 2 rings (SSSR count). The Balaban J connectivity index is 2.19. The lowest BCUT2D eigenvalue weighted by Gasteiger charge is -2.09. The third-order valence-corrected chi connectivity index (χ3v) is 3.55. The van der Waals surface area contributed by atoms with Crippen LogP contribution >= 0.6 is 22.9 Å². The zero-order valence-electron chi connectivity index (χ0n) is 9.90. The molecule has 2 N–H and O–H groups in total. The molecule has 0 aliphatic carbocycles. The zero-order chi connectivity index (χ0) is 14.0. The van der Waals surface area contributed by atoms with E-state index >= 15 is 0 Å². The molecule has 1 aromatic carbocycles. The summed E-state index contributed by atoms with van der Waals surface area (Å²) in [6.45, 7) is 2.18. The number of aromatic amines is 1. The van der Waals surface area contributed by atoms with Crippen LogP contribution < -0.4 is 10.2 Å². The second kappa shape index (κ2) is 5.41. The number of anilines is 1. The van der Waals surface area contributed by atoms with Crippen molar-refractivity contribution < 1.29 is 4.92 Å². The molecular formula is C11H10ClN3O3S. The van der Waals surface area contributed by atoms with Gasteiger partial charge in [0.2, 0.25) is 0 Å². The fourth-order valence-electron chi connectivity index (χ4n) is 1.59. The number of hydrogen-bond acceptors (Lipinski definition) is 5. The number of nitro benzene ring substituents is 1. The molecule has 0 aliphatic heterocycles. The van der Waals surface area contributed by atoms with Gasteiger partial charge in [0.15, 0.2) is 0 Å². The molecule has 19 heavy (non-hydrogen) atoms. The number of nitrogens with zero attached hydrogens (tertiary/aromatic N) is 1. The summed E-state index contributed by atoms with van der Waals surface area (Å²) < 4.78 is 0. The number of aryl methyl sites for hydroxylation is 1. The number of benzene rings is 1. The average molecular weight is 300 g/mol. The van der Waals surface area contributed by atoms with E-state index in [1.807, 2.05) is 0 Å². The summed E-state index contributed by atoms with van der Waals surface area (Å²) in [7, 11) is 0. The van der Waals surface area contributed by atoms with Crippen molar-refractivity contribution in [3.63, 3.8) is 0 Å². The number of nitrogens with one attached hydrogen (secondary N) is 2. The van der Waals surface area contributed by atoms with Gasteiger partial charge in [0.05, 0.1) is 11.5 Å². The fraction of sp³-hybridized carbons (Fsp3) is 0.182. The highest BCUT2D eigenvalue weighted by Crippen LogP contribution is 2.30. The van der Waals surface area contributed by atoms with Crippen molar-refractivity contribution in [1.82, 2.24) is 4.98 Å². The minimum atomic E-state index is -0.518. The standard InChI is InChI=1S/C11H10ClN3O3S/c1-6-2-10(15(17)18)8(12)3-9(6)13-4-7-5-19-11(16)14-7/h2-3,5,13H,4H2,1H3,(H,14,16). The van der Waals surface area contributed by atoms with Crippen LogP contribution in [0.1, 0.15) is 11.3 Å². The van der Waals surface area contributed by atoms with Crippen LogP contribution in [0.25, 0.3) is 0 Å². The van der Waals surface area contributed by atoms with E-state index in [0.29, 0.717) is 17.8 Å². The van der Waals surface area contributed by atoms with Gasteiger partial charge in [0.1, 0.15) is 5.02 Å². The van der Waals surface area contributed by atoms with E-state index < -0.39 is 4.92 Å². The van der Waals surface area contributed by atoms with Crippen molar-refractivity contribution in [2.24, 2.45) is 0 Å². The van der Waals surface area contributed by atoms with E-state index in [2.05, 4.69) is 10.3 Å². The number of rotatable bonds is 4. The van der Waals surface area contributed by atoms with E-state index in [4.69, 9.17) is 11.6 Å². The minimum Gasteiger partial charge on any atom is -0.379 e. The lowest BCUT2D eigenvalue weighted by Crippen LogP contribution is -2.04. The third-order valence-electron chi connectivity index (χ3n) is 2.53. The van der Waals surface area contributed by atoms with Gasteiger partial charge in [-0.25, -0.2) is 0 Å². The highest BCUT2D eigenvalue weighted by Gasteiger charge is 2.14. The average Bonchev–Trinajstić information content (AvgIpc) is 2.75. The summed E-state index contributed by atoms with van der Waals surface area (Å²) in [5.74, 6) is 0. The molecule has 0 spiro atoms. The van der Waals surface area contributed by atoms with Crippen molar-refractivity contribution in [3.8, 4) is 0 Å². The molecule has 0 bridgehead atoms. The first-order chi connectivity index (χ1) is 8.97. The first kappa shape index (κ1) is 13.6. The van der Waals surface area contributed by atoms with E-state index in [-0.39, 0.29) is 15.6 Å². The van der Waals surface area contributed by atoms with Gasteiger partial charge in [-0.15, -0.1) is 0 Å². The third kappa shape index (κ3) is 3.12. The number of nitro groups is 1. The molecule has 0 amide bonds. The smallest absolute Gasteiger partial charge is 0.304 e. The Hall–Kier alpha value is -1.86. The summed E-state index contributed by atoms with van der Waals surface area (Å²) in [6, 6.07) is 2.93. The maximum absolute atomic E-state index is 11.0. The molecule has 2 aromatic rings. The number of H-pyrrole nitrogens is 1. The molecule has 0 atom stereocenters. The number of halogens is 1. The Kier molecular flexibility index (Phi) is 3.87. The molecule has 6 nitrogen and oxygen atoms in total. The highest BCUT2D eigenvalue weighted by atomic mass is 35.5. The van der Waals surface area contributed by atoms with Gasteiger partial charge in [-0.1, -0.05) is 22.9 Å². The largest absolute Gasteiger partial charge is 0.379 e. The normalized spacial score (nSPS) is 10.4. The Bertz CT molecular complexity index is 680. The molecule has 0 fully saturated rings. The van der Waals surface area contributed by atoms with Crippen molar-refractivity contribution in [1.29, 1.82) is 0 Å². The molecule has 0 saturated carbocycles. The Morgan fingerprint density at radius 2 is 2.26 bits per heavy atom. The number of aromatic nitrogens is 1. The summed E-state index contributed by atoms with van der Waals surface area (Å²) in [6.07, 6.45) is 0. The van der Waals surface area contributed by atoms with Crippen LogP contribution in [0.3, 0.4) is 0 Å². The Morgan fingerprint density at radius 3 is 2.84 bits per heavy atom. The molecule has 1 heterocycles. The van der Waals surface area contributed by atoms with Crippen molar-refractivity contribution in [2.45, 2.75) is 13.5 Å². The van der Waals surface area contributed by atoms with Crippen molar-refractivity contribution >= 4 is 34.3 Å². The predicted molar refractivity (Wildman–Crippen MR) is 75.1 cm³/mol. The fourth-order valence-corrected chi connectivity index (χ4v) is 2.40. The lowest BCUT2D eigenvalue weighted by molar-refractivity contribution is -0.384. The second-order valence-electron chi connectivity index (χ2n) is 3.90. The van der Waals surface area contributed by atoms with E-state index in [1.54, 1.807) is 12.3 Å². The highest BCUT2D eigenvalue weighted by molar-refractivity contribution is 7.07. The van der Waals surface area contributed by atoms with Gasteiger partial charge in [0.25, 0.3) is 5.69 Å². The monoisotopic (exact) mass is 299 g/mol. The van der Waals surface area contributed by atoms with E-state index in [9.17, 15) is 14.9 Å². The second-order valence-corrected chi connectivity index (χ2v) is 5.15. The van der Waals surface area contributed by atoms with Crippen molar-refractivity contribution in [2.75, 3.05) is 5.32 Å². The predicted octanol–water partition coefficient (Wildman–Crippen LogP) is 2.92. The maximum atomic E-state index is 11.0. The van der Waals surface area contributed by atoms with Crippen LogP contribution in [0.2, 0.25) is 5.02 Å². The van der Waals surface area contributed by atoms with Crippen LogP contribution in [-0.2, 0) is 6.54 Å². The minimum absolute atomic E-state index is 0.0805. The lowest BCUT2D eigenvalue weighted by atomic mass is 10.1. The van der Waals surface area contributed by atoms with E-state index in [0.717, 1.165) is 17.0 Å². The topological polar surface area (TPSA) is 88.0 Å². The molecule has 100 valence electrons. The van der Waals surface area contributed by atoms with Gasteiger partial charge < -0.3 is 10.3 Å². The molecule has 1 aromatic heterocycles. The molecular weight excluding hydrogens is 290 g/mol. The maximum Gasteiger partial charge on any atom is 0.304 e. The van der Waals surface area contributed by atoms with E-state index in [1.165, 1.54) is 12.1 Å². The van der Waals surface area contributed by atoms with Gasteiger partial charge in [0, 0.05) is 22.8 Å². The summed E-state index contributed by atoms with van der Waals surface area (Å²) in [5.41, 5.74) is 2.05. The molecule has 0 aliphatic rings. The molecule has 8 heteroatoms. The summed E-state index contributed by atoms with van der Waals surface area (Å²) >= 11 is 6.93. The Morgan fingerprint density at radius 1 is 1.53 bits per heavy atom. The van der Waals surface area contributed by atoms with Crippen LogP contribution in [0, 0.1) is 17.0 Å². The number of hydrogen-bond donors (Lipinski definition) is 2. The van der Waals surface area contributed by atoms with Crippen LogP contribution in [0.15, 0.2) is 22.3 Å². The van der Waals surface area contributed by atoms with Crippen LogP contribution in [0.5, 0.6) is 0 Å². The zero-order valence-corrected chi connectivity index (χ0v) is 11.5. The first-order valence-corrected chi connectivity index (χ1v) is 6.58. The molecule has 0 saturated heterocycles. The molecule has 0 radical (unpaired) electrons. The van der Waals surface area contributed by atoms with Gasteiger partial charge >= 0.3 is 4.87 Å². The quantitative estimate of drug-likeness (QED) is 0.671.